The number of esters is 1. The number of carbonyl (C=O) groups is 2. The number of rotatable bonds is 11. The van der Waals surface area contributed by atoms with Crippen LogP contribution < -0.4 is 20.7 Å². The molecule has 0 aliphatic carbocycles. The van der Waals surface area contributed by atoms with E-state index < -0.39 is 5.97 Å². The minimum atomic E-state index is -0.442. The maximum absolute atomic E-state index is 13.0. The molecule has 1 saturated heterocycles. The summed E-state index contributed by atoms with van der Waals surface area (Å²) in [7, 11) is 4.09. The average molecular weight is 584 g/mol. The van der Waals surface area contributed by atoms with Crippen molar-refractivity contribution < 1.29 is 23.8 Å². The van der Waals surface area contributed by atoms with Gasteiger partial charge in [-0.2, -0.15) is 0 Å². The van der Waals surface area contributed by atoms with E-state index in [-0.39, 0.29) is 18.4 Å². The second-order valence-electron chi connectivity index (χ2n) is 10.2. The highest BCUT2D eigenvalue weighted by Gasteiger charge is 2.19. The van der Waals surface area contributed by atoms with Crippen LogP contribution in [0, 0.1) is 6.92 Å². The number of hydrogen-bond donors (Lipinski definition) is 2. The Morgan fingerprint density at radius 1 is 1.02 bits per heavy atom. The molecule has 2 heterocycles. The summed E-state index contributed by atoms with van der Waals surface area (Å²) in [6.45, 7) is 3.83. The Hall–Kier alpha value is -4.26. The first-order valence-corrected chi connectivity index (χ1v) is 14.4. The van der Waals surface area contributed by atoms with Crippen LogP contribution in [-0.4, -0.2) is 43.2 Å². The molecule has 2 N–H and O–H groups in total. The van der Waals surface area contributed by atoms with Gasteiger partial charge in [0.1, 0.15) is 6.61 Å². The minimum Gasteiger partial charge on any atom is -0.473 e. The van der Waals surface area contributed by atoms with Crippen LogP contribution in [0.4, 0.5) is 11.4 Å². The lowest BCUT2D eigenvalue weighted by Crippen LogP contribution is -2.33. The van der Waals surface area contributed by atoms with Gasteiger partial charge in [-0.05, 0) is 54.0 Å². The van der Waals surface area contributed by atoms with Crippen molar-refractivity contribution in [2.45, 2.75) is 32.5 Å². The van der Waals surface area contributed by atoms with E-state index in [1.807, 2.05) is 42.5 Å². The number of anilines is 2. The first-order valence-electron chi connectivity index (χ1n) is 13.8. The molecule has 1 fully saturated rings. The Labute approximate surface area is 248 Å². The second-order valence-corrected chi connectivity index (χ2v) is 10.8. The summed E-state index contributed by atoms with van der Waals surface area (Å²) in [6.07, 6.45) is 1.28. The van der Waals surface area contributed by atoms with Gasteiger partial charge in [0.15, 0.2) is 0 Å². The molecule has 1 aliphatic rings. The van der Waals surface area contributed by atoms with Gasteiger partial charge >= 0.3 is 5.97 Å². The Morgan fingerprint density at radius 2 is 1.83 bits per heavy atom. The molecule has 1 aliphatic heterocycles. The van der Waals surface area contributed by atoms with Gasteiger partial charge in [0.2, 0.25) is 11.8 Å². The summed E-state index contributed by atoms with van der Waals surface area (Å²) in [4.78, 5) is 29.7. The zero-order valence-corrected chi connectivity index (χ0v) is 24.8. The number of hydrogen-bond acceptors (Lipinski definition) is 7. The van der Waals surface area contributed by atoms with E-state index in [1.54, 1.807) is 18.2 Å². The predicted octanol–water partition coefficient (Wildman–Crippen LogP) is 5.31. The number of aromatic nitrogens is 1. The molecule has 1 unspecified atom stereocenters. The molecule has 1 amide bonds. The van der Waals surface area contributed by atoms with Crippen molar-refractivity contribution >= 4 is 37.8 Å². The quantitative estimate of drug-likeness (QED) is 0.183. The van der Waals surface area contributed by atoms with Crippen LogP contribution in [0.15, 0.2) is 78.9 Å². The van der Waals surface area contributed by atoms with E-state index in [2.05, 4.69) is 50.0 Å². The van der Waals surface area contributed by atoms with Crippen LogP contribution in [0.3, 0.4) is 0 Å². The van der Waals surface area contributed by atoms with E-state index in [4.69, 9.17) is 14.2 Å². The molecule has 42 heavy (non-hydrogen) atoms. The van der Waals surface area contributed by atoms with Gasteiger partial charge in [0.25, 0.3) is 0 Å². The molecule has 2 atom stereocenters. The molecule has 216 valence electrons. The fourth-order valence-electron chi connectivity index (χ4n) is 4.54. The summed E-state index contributed by atoms with van der Waals surface area (Å²) >= 11 is 0. The zero-order chi connectivity index (χ0) is 29.5. The van der Waals surface area contributed by atoms with Crippen molar-refractivity contribution in [3.8, 4) is 17.1 Å². The van der Waals surface area contributed by atoms with Crippen LogP contribution in [-0.2, 0) is 27.3 Å². The largest absolute Gasteiger partial charge is 0.473 e. The molecular formula is C33H34N3O5P. The maximum Gasteiger partial charge on any atom is 0.337 e. The molecule has 0 saturated carbocycles. The average Bonchev–Trinajstić information content (AvgIpc) is 2.96. The number of nitrogens with zero attached hydrogens (tertiary/aromatic N) is 1. The number of methoxy groups -OCH3 is 1. The van der Waals surface area contributed by atoms with E-state index in [1.165, 1.54) is 12.7 Å². The van der Waals surface area contributed by atoms with Crippen molar-refractivity contribution in [3.63, 3.8) is 0 Å². The van der Waals surface area contributed by atoms with Crippen molar-refractivity contribution in [1.29, 1.82) is 0 Å². The number of pyridine rings is 1. The number of carbonyl (C=O) groups excluding carboxylic acids is 2. The lowest BCUT2D eigenvalue weighted by molar-refractivity contribution is -0.115. The molecule has 1 aromatic heterocycles. The zero-order valence-electron chi connectivity index (χ0n) is 23.7. The van der Waals surface area contributed by atoms with Gasteiger partial charge in [-0.1, -0.05) is 54.1 Å². The van der Waals surface area contributed by atoms with Gasteiger partial charge in [-0.25, -0.2) is 9.78 Å². The van der Waals surface area contributed by atoms with Gasteiger partial charge in [-0.3, -0.25) is 4.79 Å². The van der Waals surface area contributed by atoms with E-state index in [9.17, 15) is 9.59 Å². The third-order valence-corrected chi connectivity index (χ3v) is 7.58. The highest BCUT2D eigenvalue weighted by Crippen LogP contribution is 2.26. The van der Waals surface area contributed by atoms with Crippen molar-refractivity contribution in [2.24, 2.45) is 0 Å². The molecule has 5 rings (SSSR count). The summed E-state index contributed by atoms with van der Waals surface area (Å²) < 4.78 is 16.3. The standard InChI is InChI=1S/C33H34N3O5P/c1-21-6-9-25(30(42)16-21)20-41-32-5-3-4-27(36-32)23-10-7-22(8-11-23)17-31(37)35-28-13-12-24(33(38)39-2)18-29(28)34-19-26-14-15-40-26/h3-13,16,18,26,34H,14-15,17,19-20,42H2,1-2H3,(H,35,37)/t26-/m0/s1. The Morgan fingerprint density at radius 3 is 2.55 bits per heavy atom. The third kappa shape index (κ3) is 7.52. The molecule has 0 bridgehead atoms. The summed E-state index contributed by atoms with van der Waals surface area (Å²) in [5.41, 5.74) is 6.50. The number of nitrogens with one attached hydrogen (secondary N) is 2. The minimum absolute atomic E-state index is 0.118. The van der Waals surface area contributed by atoms with Crippen LogP contribution in [0.1, 0.15) is 33.5 Å². The fourth-order valence-corrected chi connectivity index (χ4v) is 4.98. The van der Waals surface area contributed by atoms with Crippen LogP contribution in [0.5, 0.6) is 5.88 Å². The molecule has 8 nitrogen and oxygen atoms in total. The Balaban J connectivity index is 1.21. The van der Waals surface area contributed by atoms with Crippen LogP contribution in [0.25, 0.3) is 11.3 Å². The summed E-state index contributed by atoms with van der Waals surface area (Å²) in [5.74, 6) is -0.0648. The van der Waals surface area contributed by atoms with E-state index in [0.29, 0.717) is 36.0 Å². The predicted molar refractivity (Wildman–Crippen MR) is 167 cm³/mol. The van der Waals surface area contributed by atoms with Gasteiger partial charge in [0.05, 0.1) is 42.3 Å². The molecule has 4 aromatic rings. The monoisotopic (exact) mass is 583 g/mol. The molecule has 9 heteroatoms. The highest BCUT2D eigenvalue weighted by atomic mass is 31.0. The van der Waals surface area contributed by atoms with Gasteiger partial charge in [0, 0.05) is 24.8 Å². The second kappa shape index (κ2) is 13.6. The first kappa shape index (κ1) is 29.2. The lowest BCUT2D eigenvalue weighted by atomic mass is 10.1. The summed E-state index contributed by atoms with van der Waals surface area (Å²) in [6, 6.07) is 24.7. The maximum atomic E-state index is 13.0. The van der Waals surface area contributed by atoms with Crippen molar-refractivity contribution in [1.82, 2.24) is 4.98 Å². The van der Waals surface area contributed by atoms with Gasteiger partial charge < -0.3 is 24.8 Å². The molecule has 0 spiro atoms. The fraction of sp³-hybridized carbons (Fsp3) is 0.242. The topological polar surface area (TPSA) is 98.8 Å². The Kier molecular flexibility index (Phi) is 9.47. The van der Waals surface area contributed by atoms with Crippen molar-refractivity contribution in [3.05, 3.63) is 101 Å². The van der Waals surface area contributed by atoms with E-state index >= 15 is 0 Å². The molecule has 0 radical (unpaired) electrons. The normalized spacial score (nSPS) is 14.0. The van der Waals surface area contributed by atoms with Crippen LogP contribution in [0.2, 0.25) is 0 Å². The van der Waals surface area contributed by atoms with Gasteiger partial charge in [-0.15, -0.1) is 9.24 Å². The van der Waals surface area contributed by atoms with Crippen molar-refractivity contribution in [2.75, 3.05) is 30.9 Å². The molecular weight excluding hydrogens is 549 g/mol. The van der Waals surface area contributed by atoms with Crippen LogP contribution >= 0.6 is 9.24 Å². The smallest absolute Gasteiger partial charge is 0.337 e. The Bertz CT molecular complexity index is 1570. The molecule has 3 aromatic carbocycles. The number of ether oxygens (including phenoxy) is 3. The number of aryl methyl sites for hydroxylation is 1. The SMILES string of the molecule is COC(=O)c1ccc(NC(=O)Cc2ccc(-c3cccc(OCc4ccc(C)cc4P)n3)cc2)c(NC[C@@H]2CCO2)c1. The number of benzene rings is 3. The highest BCUT2D eigenvalue weighted by molar-refractivity contribution is 7.27. The number of amides is 1. The van der Waals surface area contributed by atoms with E-state index in [0.717, 1.165) is 40.7 Å². The summed E-state index contributed by atoms with van der Waals surface area (Å²) in [5, 5.41) is 7.37. The lowest BCUT2D eigenvalue weighted by Gasteiger charge is -2.27. The first-order chi connectivity index (χ1) is 20.4. The third-order valence-electron chi connectivity index (χ3n) is 7.04.